The monoisotopic (exact) mass is 216 g/mol. The van der Waals surface area contributed by atoms with E-state index in [1.165, 1.54) is 0 Å². The molecule has 0 saturated carbocycles. The SMILES string of the molecule is CCC(=NN)c1ccc(Cl)cc1Cl. The maximum atomic E-state index is 5.96. The largest absolute Gasteiger partial charge is 0.323 e. The number of nitrogens with zero attached hydrogens (tertiary/aromatic N) is 1. The molecule has 0 aromatic heterocycles. The molecule has 1 aromatic rings. The van der Waals surface area contributed by atoms with Crippen LogP contribution >= 0.6 is 23.2 Å². The molecule has 0 unspecified atom stereocenters. The lowest BCUT2D eigenvalue weighted by Gasteiger charge is -2.04. The Balaban J connectivity index is 3.15. The minimum atomic E-state index is 0.582. The topological polar surface area (TPSA) is 38.4 Å². The van der Waals surface area contributed by atoms with E-state index in [0.29, 0.717) is 10.0 Å². The summed E-state index contributed by atoms with van der Waals surface area (Å²) in [6, 6.07) is 5.27. The second-order valence-electron chi connectivity index (χ2n) is 2.55. The second kappa shape index (κ2) is 4.49. The van der Waals surface area contributed by atoms with E-state index in [2.05, 4.69) is 5.10 Å². The molecule has 0 saturated heterocycles. The zero-order valence-electron chi connectivity index (χ0n) is 7.22. The number of nitrogens with two attached hydrogens (primary N) is 1. The molecular formula is C9H10Cl2N2. The van der Waals surface area contributed by atoms with Crippen LogP contribution < -0.4 is 5.84 Å². The number of hydrogen-bond donors (Lipinski definition) is 1. The maximum absolute atomic E-state index is 5.96. The van der Waals surface area contributed by atoms with Crippen LogP contribution in [0.3, 0.4) is 0 Å². The van der Waals surface area contributed by atoms with Gasteiger partial charge in [-0.3, -0.25) is 0 Å². The van der Waals surface area contributed by atoms with E-state index in [1.807, 2.05) is 13.0 Å². The highest BCUT2D eigenvalue weighted by Gasteiger charge is 2.06. The van der Waals surface area contributed by atoms with Gasteiger partial charge in [0, 0.05) is 10.6 Å². The Morgan fingerprint density at radius 3 is 2.62 bits per heavy atom. The van der Waals surface area contributed by atoms with Gasteiger partial charge >= 0.3 is 0 Å². The molecule has 1 aromatic carbocycles. The Bertz CT molecular complexity index is 334. The molecule has 0 aliphatic carbocycles. The summed E-state index contributed by atoms with van der Waals surface area (Å²) in [5, 5.41) is 4.85. The van der Waals surface area contributed by atoms with Gasteiger partial charge in [0.2, 0.25) is 0 Å². The van der Waals surface area contributed by atoms with Gasteiger partial charge in [-0.25, -0.2) is 0 Å². The standard InChI is InChI=1S/C9H10Cl2N2/c1-2-9(13-12)7-4-3-6(10)5-8(7)11/h3-5H,2,12H2,1H3. The number of halogens is 2. The first-order valence-corrected chi connectivity index (χ1v) is 4.66. The molecule has 1 rings (SSSR count). The van der Waals surface area contributed by atoms with Crippen LogP contribution in [0.5, 0.6) is 0 Å². The van der Waals surface area contributed by atoms with Crippen molar-refractivity contribution in [2.24, 2.45) is 10.9 Å². The van der Waals surface area contributed by atoms with E-state index in [9.17, 15) is 0 Å². The molecule has 0 spiro atoms. The van der Waals surface area contributed by atoms with Crippen molar-refractivity contribution >= 4 is 28.9 Å². The van der Waals surface area contributed by atoms with Gasteiger partial charge in [-0.1, -0.05) is 36.2 Å². The Labute approximate surface area is 87.3 Å². The van der Waals surface area contributed by atoms with Gasteiger partial charge in [-0.2, -0.15) is 5.10 Å². The lowest BCUT2D eigenvalue weighted by Crippen LogP contribution is -2.03. The number of benzene rings is 1. The Morgan fingerprint density at radius 1 is 1.46 bits per heavy atom. The number of rotatable bonds is 2. The van der Waals surface area contributed by atoms with Crippen LogP contribution in [0, 0.1) is 0 Å². The van der Waals surface area contributed by atoms with Crippen LogP contribution in [0.2, 0.25) is 10.0 Å². The van der Waals surface area contributed by atoms with Gasteiger partial charge in [-0.15, -0.1) is 0 Å². The van der Waals surface area contributed by atoms with Crippen LogP contribution in [-0.4, -0.2) is 5.71 Å². The minimum Gasteiger partial charge on any atom is -0.323 e. The van der Waals surface area contributed by atoms with Gasteiger partial charge in [0.05, 0.1) is 10.7 Å². The molecule has 4 heteroatoms. The molecule has 70 valence electrons. The lowest BCUT2D eigenvalue weighted by molar-refractivity contribution is 1.17. The first kappa shape index (κ1) is 10.4. The number of hydrazone groups is 1. The van der Waals surface area contributed by atoms with E-state index in [4.69, 9.17) is 29.0 Å². The van der Waals surface area contributed by atoms with E-state index in [1.54, 1.807) is 12.1 Å². The molecule has 0 bridgehead atoms. The molecule has 0 atom stereocenters. The van der Waals surface area contributed by atoms with Crippen molar-refractivity contribution in [3.05, 3.63) is 33.8 Å². The molecule has 2 N–H and O–H groups in total. The first-order chi connectivity index (χ1) is 6.19. The van der Waals surface area contributed by atoms with Crippen LogP contribution in [0.1, 0.15) is 18.9 Å². The summed E-state index contributed by atoms with van der Waals surface area (Å²) >= 11 is 11.7. The summed E-state index contributed by atoms with van der Waals surface area (Å²) in [6.45, 7) is 1.97. The molecule has 0 aliphatic heterocycles. The summed E-state index contributed by atoms with van der Waals surface area (Å²) in [4.78, 5) is 0. The highest BCUT2D eigenvalue weighted by Crippen LogP contribution is 2.22. The van der Waals surface area contributed by atoms with Gasteiger partial charge in [0.15, 0.2) is 0 Å². The fourth-order valence-corrected chi connectivity index (χ4v) is 1.59. The average Bonchev–Trinajstić information content (AvgIpc) is 2.10. The van der Waals surface area contributed by atoms with Crippen molar-refractivity contribution in [3.8, 4) is 0 Å². The quantitative estimate of drug-likeness (QED) is 0.461. The maximum Gasteiger partial charge on any atom is 0.0684 e. The van der Waals surface area contributed by atoms with Crippen molar-refractivity contribution in [1.82, 2.24) is 0 Å². The Hall–Kier alpha value is -0.730. The third kappa shape index (κ3) is 2.36. The predicted octanol–water partition coefficient (Wildman–Crippen LogP) is 3.07. The molecule has 0 amide bonds. The summed E-state index contributed by atoms with van der Waals surface area (Å²) in [6.07, 6.45) is 0.748. The molecule has 0 fully saturated rings. The third-order valence-corrected chi connectivity index (χ3v) is 2.28. The van der Waals surface area contributed by atoms with E-state index in [-0.39, 0.29) is 0 Å². The van der Waals surface area contributed by atoms with Crippen LogP contribution in [0.4, 0.5) is 0 Å². The molecule has 2 nitrogen and oxygen atoms in total. The molecule has 0 aliphatic rings. The Kier molecular flexibility index (Phi) is 3.58. The third-order valence-electron chi connectivity index (χ3n) is 1.73. The van der Waals surface area contributed by atoms with Crippen molar-refractivity contribution in [3.63, 3.8) is 0 Å². The zero-order chi connectivity index (χ0) is 9.84. The van der Waals surface area contributed by atoms with Crippen LogP contribution in [-0.2, 0) is 0 Å². The van der Waals surface area contributed by atoms with Crippen molar-refractivity contribution in [1.29, 1.82) is 0 Å². The molecule has 13 heavy (non-hydrogen) atoms. The van der Waals surface area contributed by atoms with Gasteiger partial charge in [0.25, 0.3) is 0 Å². The summed E-state index contributed by atoms with van der Waals surface area (Å²) in [7, 11) is 0. The van der Waals surface area contributed by atoms with Crippen molar-refractivity contribution < 1.29 is 0 Å². The molecule has 0 radical (unpaired) electrons. The van der Waals surface area contributed by atoms with Gasteiger partial charge in [-0.05, 0) is 18.6 Å². The second-order valence-corrected chi connectivity index (χ2v) is 3.40. The average molecular weight is 217 g/mol. The lowest BCUT2D eigenvalue weighted by atomic mass is 10.1. The summed E-state index contributed by atoms with van der Waals surface area (Å²) in [5.41, 5.74) is 1.62. The molecular weight excluding hydrogens is 207 g/mol. The smallest absolute Gasteiger partial charge is 0.0684 e. The minimum absolute atomic E-state index is 0.582. The Morgan fingerprint density at radius 2 is 2.15 bits per heavy atom. The van der Waals surface area contributed by atoms with Crippen LogP contribution in [0.25, 0.3) is 0 Å². The molecule has 0 heterocycles. The van der Waals surface area contributed by atoms with E-state index >= 15 is 0 Å². The van der Waals surface area contributed by atoms with E-state index < -0.39 is 0 Å². The van der Waals surface area contributed by atoms with Crippen molar-refractivity contribution in [2.75, 3.05) is 0 Å². The first-order valence-electron chi connectivity index (χ1n) is 3.91. The fraction of sp³-hybridized carbons (Fsp3) is 0.222. The fourth-order valence-electron chi connectivity index (χ4n) is 1.07. The van der Waals surface area contributed by atoms with Gasteiger partial charge < -0.3 is 5.84 Å². The zero-order valence-corrected chi connectivity index (χ0v) is 8.73. The van der Waals surface area contributed by atoms with Gasteiger partial charge in [0.1, 0.15) is 0 Å². The highest BCUT2D eigenvalue weighted by atomic mass is 35.5. The normalized spacial score (nSPS) is 11.8. The highest BCUT2D eigenvalue weighted by molar-refractivity contribution is 6.37. The van der Waals surface area contributed by atoms with E-state index in [0.717, 1.165) is 17.7 Å². The number of hydrogen-bond acceptors (Lipinski definition) is 2. The summed E-state index contributed by atoms with van der Waals surface area (Å²) < 4.78 is 0. The predicted molar refractivity (Wildman–Crippen MR) is 57.5 cm³/mol. The summed E-state index contributed by atoms with van der Waals surface area (Å²) in [5.74, 6) is 5.22. The van der Waals surface area contributed by atoms with Crippen LogP contribution in [0.15, 0.2) is 23.3 Å². The van der Waals surface area contributed by atoms with Crippen molar-refractivity contribution in [2.45, 2.75) is 13.3 Å².